The smallest absolute Gasteiger partial charge is 0.141 e. The van der Waals surface area contributed by atoms with Crippen LogP contribution in [0.4, 0.5) is 0 Å². The fourth-order valence-electron chi connectivity index (χ4n) is 6.25. The molecule has 0 atom stereocenters. The molecule has 0 spiro atoms. The summed E-state index contributed by atoms with van der Waals surface area (Å²) in [6.45, 7) is 0. The lowest BCUT2D eigenvalue weighted by Gasteiger charge is -2.19. The number of ether oxygens (including phenoxy) is 1. The molecule has 0 N–H and O–H groups in total. The third kappa shape index (κ3) is 4.04. The summed E-state index contributed by atoms with van der Waals surface area (Å²) in [6.07, 6.45) is 0. The van der Waals surface area contributed by atoms with Crippen LogP contribution in [0.1, 0.15) is 0 Å². The lowest BCUT2D eigenvalue weighted by Crippen LogP contribution is -1.94. The van der Waals surface area contributed by atoms with Crippen LogP contribution < -0.4 is 4.74 Å². The molecular weight excluding hydrogens is 545 g/mol. The molecule has 2 heterocycles. The van der Waals surface area contributed by atoms with E-state index in [1.54, 1.807) is 11.8 Å². The molecule has 1 aliphatic rings. The molecule has 2 nitrogen and oxygen atoms in total. The molecule has 9 rings (SSSR count). The number of hydrogen-bond acceptors (Lipinski definition) is 3. The largest absolute Gasteiger partial charge is 0.456 e. The van der Waals surface area contributed by atoms with Crippen molar-refractivity contribution in [1.82, 2.24) is 0 Å². The minimum atomic E-state index is 0.841. The predicted molar refractivity (Wildman–Crippen MR) is 178 cm³/mol. The first-order valence-corrected chi connectivity index (χ1v) is 15.2. The normalized spacial score (nSPS) is 12.3. The monoisotopic (exact) mass is 568 g/mol. The third-order valence-electron chi connectivity index (χ3n) is 8.35. The van der Waals surface area contributed by atoms with Crippen LogP contribution in [0.5, 0.6) is 11.5 Å². The molecule has 3 heteroatoms. The molecule has 1 aromatic heterocycles. The van der Waals surface area contributed by atoms with Gasteiger partial charge in [-0.3, -0.25) is 0 Å². The van der Waals surface area contributed by atoms with Crippen LogP contribution in [-0.4, -0.2) is 0 Å². The summed E-state index contributed by atoms with van der Waals surface area (Å²) in [5, 5.41) is 7.51. The molecule has 7 aromatic carbocycles. The van der Waals surface area contributed by atoms with E-state index in [0.717, 1.165) is 43.9 Å². The van der Waals surface area contributed by atoms with E-state index in [1.807, 2.05) is 24.3 Å². The lowest BCUT2D eigenvalue weighted by atomic mass is 9.91. The maximum absolute atomic E-state index is 6.49. The Bertz CT molecular complexity index is 2350. The molecule has 0 bridgehead atoms. The Kier molecular flexibility index (Phi) is 5.47. The molecule has 43 heavy (non-hydrogen) atoms. The summed E-state index contributed by atoms with van der Waals surface area (Å²) < 4.78 is 12.6. The lowest BCUT2D eigenvalue weighted by molar-refractivity contribution is 0.454. The summed E-state index contributed by atoms with van der Waals surface area (Å²) >= 11 is 1.73. The van der Waals surface area contributed by atoms with Crippen LogP contribution in [0.3, 0.4) is 0 Å². The summed E-state index contributed by atoms with van der Waals surface area (Å²) in [6, 6.07) is 51.4. The van der Waals surface area contributed by atoms with Crippen molar-refractivity contribution in [3.8, 4) is 45.3 Å². The first-order chi connectivity index (χ1) is 21.3. The minimum Gasteiger partial charge on any atom is -0.456 e. The zero-order valence-corrected chi connectivity index (χ0v) is 23.9. The van der Waals surface area contributed by atoms with E-state index < -0.39 is 0 Å². The second kappa shape index (κ2) is 9.65. The van der Waals surface area contributed by atoms with Gasteiger partial charge in [0.2, 0.25) is 0 Å². The van der Waals surface area contributed by atoms with Gasteiger partial charge in [-0.1, -0.05) is 103 Å². The first kappa shape index (κ1) is 24.4. The van der Waals surface area contributed by atoms with Gasteiger partial charge in [0, 0.05) is 11.1 Å². The molecule has 1 aliphatic heterocycles. The summed E-state index contributed by atoms with van der Waals surface area (Å²) in [7, 11) is 0. The van der Waals surface area contributed by atoms with Gasteiger partial charge in [-0.2, -0.15) is 0 Å². The van der Waals surface area contributed by atoms with Crippen LogP contribution in [-0.2, 0) is 0 Å². The van der Waals surface area contributed by atoms with Crippen molar-refractivity contribution >= 4 is 44.1 Å². The molecule has 0 unspecified atom stereocenters. The zero-order chi connectivity index (χ0) is 28.3. The predicted octanol–water partition coefficient (Wildman–Crippen LogP) is 12.0. The van der Waals surface area contributed by atoms with Crippen molar-refractivity contribution in [3.05, 3.63) is 146 Å². The third-order valence-corrected chi connectivity index (χ3v) is 9.45. The molecule has 0 fully saturated rings. The van der Waals surface area contributed by atoms with Crippen molar-refractivity contribution < 1.29 is 9.15 Å². The topological polar surface area (TPSA) is 22.4 Å². The van der Waals surface area contributed by atoms with E-state index >= 15 is 0 Å². The van der Waals surface area contributed by atoms with Crippen molar-refractivity contribution in [2.45, 2.75) is 9.79 Å². The van der Waals surface area contributed by atoms with Gasteiger partial charge in [-0.15, -0.1) is 0 Å². The Labute approximate surface area is 253 Å². The van der Waals surface area contributed by atoms with Crippen LogP contribution in [0.2, 0.25) is 0 Å². The Morgan fingerprint density at radius 2 is 0.907 bits per heavy atom. The molecule has 0 aliphatic carbocycles. The maximum Gasteiger partial charge on any atom is 0.141 e. The van der Waals surface area contributed by atoms with Crippen LogP contribution >= 0.6 is 11.8 Å². The van der Waals surface area contributed by atoms with Crippen LogP contribution in [0, 0.1) is 0 Å². The number of rotatable bonds is 3. The van der Waals surface area contributed by atoms with Crippen molar-refractivity contribution in [2.75, 3.05) is 0 Å². The quantitative estimate of drug-likeness (QED) is 0.198. The highest BCUT2D eigenvalue weighted by Crippen LogP contribution is 2.48. The maximum atomic E-state index is 6.49. The van der Waals surface area contributed by atoms with E-state index in [0.29, 0.717) is 0 Å². The summed E-state index contributed by atoms with van der Waals surface area (Å²) in [4.78, 5) is 2.21. The van der Waals surface area contributed by atoms with E-state index in [1.165, 1.54) is 43.4 Å². The number of benzene rings is 7. The van der Waals surface area contributed by atoms with Crippen molar-refractivity contribution in [1.29, 1.82) is 0 Å². The average Bonchev–Trinajstić information content (AvgIpc) is 3.58. The molecule has 202 valence electrons. The Balaban J connectivity index is 1.14. The molecule has 0 radical (unpaired) electrons. The van der Waals surface area contributed by atoms with Crippen molar-refractivity contribution in [2.24, 2.45) is 0 Å². The molecular formula is C40H24O2S. The average molecular weight is 569 g/mol. The van der Waals surface area contributed by atoms with Gasteiger partial charge in [-0.25, -0.2) is 0 Å². The standard InChI is InChI=1S/C40H24O2S/c1-2-8-25(9-3-1)26-14-17-32-33(22-26)30-11-5-4-10-29(30)31-18-15-27(23-34(31)32)35-20-21-36(41-35)28-16-19-38-40(24-28)43-39-13-7-6-12-37(39)42-38/h1-24H. The second-order valence-electron chi connectivity index (χ2n) is 10.9. The fourth-order valence-corrected chi connectivity index (χ4v) is 7.24. The van der Waals surface area contributed by atoms with E-state index in [4.69, 9.17) is 9.15 Å². The van der Waals surface area contributed by atoms with Gasteiger partial charge in [0.1, 0.15) is 23.0 Å². The molecule has 0 amide bonds. The van der Waals surface area contributed by atoms with Gasteiger partial charge in [0.15, 0.2) is 0 Å². The SMILES string of the molecule is c1ccc(-c2ccc3c(c2)c2ccccc2c2ccc(-c4ccc(-c5ccc6c(c5)Sc5ccccc5O6)o4)cc23)cc1. The van der Waals surface area contributed by atoms with Gasteiger partial charge in [-0.05, 0) is 98.0 Å². The summed E-state index contributed by atoms with van der Waals surface area (Å²) in [5.74, 6) is 3.48. The van der Waals surface area contributed by atoms with Crippen LogP contribution in [0.25, 0.3) is 66.1 Å². The van der Waals surface area contributed by atoms with E-state index in [2.05, 4.69) is 121 Å². The highest BCUT2D eigenvalue weighted by atomic mass is 32.2. The molecule has 0 saturated heterocycles. The minimum absolute atomic E-state index is 0.841. The van der Waals surface area contributed by atoms with Gasteiger partial charge < -0.3 is 9.15 Å². The van der Waals surface area contributed by atoms with Crippen molar-refractivity contribution in [3.63, 3.8) is 0 Å². The molecule has 8 aromatic rings. The second-order valence-corrected chi connectivity index (χ2v) is 12.0. The summed E-state index contributed by atoms with van der Waals surface area (Å²) in [5.41, 5.74) is 4.54. The molecule has 0 saturated carbocycles. The van der Waals surface area contributed by atoms with E-state index in [9.17, 15) is 0 Å². The van der Waals surface area contributed by atoms with Gasteiger partial charge in [0.05, 0.1) is 9.79 Å². The Morgan fingerprint density at radius 1 is 0.349 bits per heavy atom. The van der Waals surface area contributed by atoms with Gasteiger partial charge in [0.25, 0.3) is 0 Å². The number of fused-ring (bicyclic) bond motifs is 8. The van der Waals surface area contributed by atoms with Gasteiger partial charge >= 0.3 is 0 Å². The Hall–Kier alpha value is -5.25. The zero-order valence-electron chi connectivity index (χ0n) is 23.1. The highest BCUT2D eigenvalue weighted by Gasteiger charge is 2.19. The fraction of sp³-hybridized carbons (Fsp3) is 0. The number of furan rings is 1. The van der Waals surface area contributed by atoms with Crippen LogP contribution in [0.15, 0.2) is 160 Å². The van der Waals surface area contributed by atoms with E-state index in [-0.39, 0.29) is 0 Å². The number of hydrogen-bond donors (Lipinski definition) is 0. The Morgan fingerprint density at radius 3 is 1.72 bits per heavy atom. The number of para-hydroxylation sites is 1. The highest BCUT2D eigenvalue weighted by molar-refractivity contribution is 7.99. The first-order valence-electron chi connectivity index (χ1n) is 14.4.